The van der Waals surface area contributed by atoms with Crippen LogP contribution in [0.1, 0.15) is 23.7 Å². The summed E-state index contributed by atoms with van der Waals surface area (Å²) in [6, 6.07) is 2.25. The smallest absolute Gasteiger partial charge is 0.252 e. The number of carbonyl (C=O) groups is 1. The number of amides is 1. The summed E-state index contributed by atoms with van der Waals surface area (Å²) in [7, 11) is 0. The molecule has 2 unspecified atom stereocenters. The highest BCUT2D eigenvalue weighted by atomic mass is 127. The lowest BCUT2D eigenvalue weighted by Crippen LogP contribution is -2.48. The van der Waals surface area contributed by atoms with Crippen LogP contribution in [0, 0.1) is 8.80 Å². The molecule has 1 fully saturated rings. The molecular formula is C11H15IN2OS. The number of thiophene rings is 1. The molecule has 0 aromatic carbocycles. The highest BCUT2D eigenvalue weighted by molar-refractivity contribution is 14.1. The predicted molar refractivity (Wildman–Crippen MR) is 74.9 cm³/mol. The molecule has 0 saturated carbocycles. The molecule has 2 heterocycles. The highest BCUT2D eigenvalue weighted by Gasteiger charge is 2.23. The Hall–Kier alpha value is -0.140. The highest BCUT2D eigenvalue weighted by Crippen LogP contribution is 2.17. The van der Waals surface area contributed by atoms with Crippen LogP contribution >= 0.6 is 33.9 Å². The number of halogens is 1. The van der Waals surface area contributed by atoms with E-state index in [1.807, 2.05) is 11.4 Å². The Morgan fingerprint density at radius 3 is 3.12 bits per heavy atom. The van der Waals surface area contributed by atoms with Crippen molar-refractivity contribution >= 4 is 39.8 Å². The van der Waals surface area contributed by atoms with Crippen molar-refractivity contribution < 1.29 is 4.79 Å². The summed E-state index contributed by atoms with van der Waals surface area (Å²) in [5, 5.41) is 8.37. The van der Waals surface area contributed by atoms with Crippen LogP contribution < -0.4 is 10.6 Å². The van der Waals surface area contributed by atoms with E-state index in [9.17, 15) is 4.79 Å². The molecule has 0 radical (unpaired) electrons. The second kappa shape index (κ2) is 5.46. The molecule has 0 aliphatic carbocycles. The Kier molecular flexibility index (Phi) is 4.21. The molecule has 88 valence electrons. The second-order valence-corrected chi connectivity index (χ2v) is 6.99. The van der Waals surface area contributed by atoms with E-state index in [1.165, 1.54) is 0 Å². The minimum absolute atomic E-state index is 0.0675. The SMILES string of the molecule is CC1CNCCC1NC(=O)c1csc(I)c1. The van der Waals surface area contributed by atoms with Crippen molar-refractivity contribution in [2.24, 2.45) is 5.92 Å². The topological polar surface area (TPSA) is 41.1 Å². The summed E-state index contributed by atoms with van der Waals surface area (Å²) >= 11 is 3.85. The number of nitrogens with one attached hydrogen (secondary N) is 2. The molecule has 1 aliphatic rings. The van der Waals surface area contributed by atoms with Crippen LogP contribution in [0.5, 0.6) is 0 Å². The molecule has 0 bridgehead atoms. The molecule has 1 aromatic rings. The van der Waals surface area contributed by atoms with Gasteiger partial charge in [-0.05, 0) is 54.1 Å². The summed E-state index contributed by atoms with van der Waals surface area (Å²) < 4.78 is 1.15. The van der Waals surface area contributed by atoms with Crippen molar-refractivity contribution in [1.82, 2.24) is 10.6 Å². The summed E-state index contributed by atoms with van der Waals surface area (Å²) in [5.41, 5.74) is 0.792. The van der Waals surface area contributed by atoms with Gasteiger partial charge >= 0.3 is 0 Å². The van der Waals surface area contributed by atoms with E-state index >= 15 is 0 Å². The predicted octanol–water partition coefficient (Wildman–Crippen LogP) is 2.08. The van der Waals surface area contributed by atoms with Gasteiger partial charge in [-0.15, -0.1) is 11.3 Å². The van der Waals surface area contributed by atoms with Crippen molar-refractivity contribution in [3.8, 4) is 0 Å². The Balaban J connectivity index is 1.96. The lowest BCUT2D eigenvalue weighted by atomic mass is 9.95. The first-order valence-corrected chi connectivity index (χ1v) is 7.38. The van der Waals surface area contributed by atoms with Gasteiger partial charge in [0, 0.05) is 11.4 Å². The van der Waals surface area contributed by atoms with Crippen molar-refractivity contribution in [2.75, 3.05) is 13.1 Å². The minimum atomic E-state index is 0.0675. The fourth-order valence-corrected chi connectivity index (χ4v) is 3.24. The minimum Gasteiger partial charge on any atom is -0.349 e. The molecule has 1 aliphatic heterocycles. The molecule has 2 rings (SSSR count). The zero-order chi connectivity index (χ0) is 11.5. The molecule has 1 amide bonds. The van der Waals surface area contributed by atoms with Gasteiger partial charge in [0.25, 0.3) is 5.91 Å². The maximum Gasteiger partial charge on any atom is 0.252 e. The fraction of sp³-hybridized carbons (Fsp3) is 0.545. The number of carbonyl (C=O) groups excluding carboxylic acids is 1. The molecule has 5 heteroatoms. The third-order valence-electron chi connectivity index (χ3n) is 2.93. The lowest BCUT2D eigenvalue weighted by Gasteiger charge is -2.30. The summed E-state index contributed by atoms with van der Waals surface area (Å²) in [6.07, 6.45) is 1.02. The normalized spacial score (nSPS) is 25.4. The van der Waals surface area contributed by atoms with Gasteiger partial charge in [0.05, 0.1) is 8.45 Å². The molecule has 2 atom stereocenters. The van der Waals surface area contributed by atoms with Gasteiger partial charge in [-0.2, -0.15) is 0 Å². The number of piperidine rings is 1. The first-order chi connectivity index (χ1) is 7.66. The van der Waals surface area contributed by atoms with Gasteiger partial charge in [0.1, 0.15) is 0 Å². The Labute approximate surface area is 113 Å². The van der Waals surface area contributed by atoms with E-state index < -0.39 is 0 Å². The number of rotatable bonds is 2. The van der Waals surface area contributed by atoms with Crippen molar-refractivity contribution in [2.45, 2.75) is 19.4 Å². The van der Waals surface area contributed by atoms with E-state index in [-0.39, 0.29) is 5.91 Å². The number of hydrogen-bond acceptors (Lipinski definition) is 3. The Morgan fingerprint density at radius 2 is 2.50 bits per heavy atom. The Bertz CT molecular complexity index is 380. The van der Waals surface area contributed by atoms with Gasteiger partial charge in [-0.1, -0.05) is 6.92 Å². The van der Waals surface area contributed by atoms with Crippen LogP contribution in [-0.4, -0.2) is 25.0 Å². The van der Waals surface area contributed by atoms with Crippen molar-refractivity contribution in [3.05, 3.63) is 19.9 Å². The molecule has 2 N–H and O–H groups in total. The monoisotopic (exact) mass is 350 g/mol. The first kappa shape index (κ1) is 12.3. The zero-order valence-electron chi connectivity index (χ0n) is 9.13. The first-order valence-electron chi connectivity index (χ1n) is 5.42. The summed E-state index contributed by atoms with van der Waals surface area (Å²) in [4.78, 5) is 11.9. The van der Waals surface area contributed by atoms with Crippen LogP contribution in [0.3, 0.4) is 0 Å². The van der Waals surface area contributed by atoms with Crippen LogP contribution in [-0.2, 0) is 0 Å². The second-order valence-electron chi connectivity index (χ2n) is 4.19. The van der Waals surface area contributed by atoms with E-state index in [2.05, 4.69) is 40.1 Å². The maximum atomic E-state index is 11.9. The van der Waals surface area contributed by atoms with Gasteiger partial charge in [0.15, 0.2) is 0 Å². The van der Waals surface area contributed by atoms with Gasteiger partial charge in [0.2, 0.25) is 0 Å². The average Bonchev–Trinajstić information content (AvgIpc) is 2.68. The zero-order valence-corrected chi connectivity index (χ0v) is 12.1. The molecule has 16 heavy (non-hydrogen) atoms. The molecule has 3 nitrogen and oxygen atoms in total. The largest absolute Gasteiger partial charge is 0.349 e. The van der Waals surface area contributed by atoms with E-state index in [0.717, 1.165) is 28.0 Å². The summed E-state index contributed by atoms with van der Waals surface area (Å²) in [5.74, 6) is 0.577. The molecule has 0 spiro atoms. The van der Waals surface area contributed by atoms with E-state index in [4.69, 9.17) is 0 Å². The standard InChI is InChI=1S/C11H15IN2OS/c1-7-5-13-3-2-9(7)14-11(15)8-4-10(12)16-6-8/h4,6-7,9,13H,2-3,5H2,1H3,(H,14,15). The van der Waals surface area contributed by atoms with E-state index in [0.29, 0.717) is 12.0 Å². The van der Waals surface area contributed by atoms with Gasteiger partial charge in [-0.3, -0.25) is 4.79 Å². The molecule has 1 saturated heterocycles. The lowest BCUT2D eigenvalue weighted by molar-refractivity contribution is 0.0914. The average molecular weight is 350 g/mol. The quantitative estimate of drug-likeness (QED) is 0.802. The van der Waals surface area contributed by atoms with Crippen LogP contribution in [0.25, 0.3) is 0 Å². The van der Waals surface area contributed by atoms with Crippen molar-refractivity contribution in [3.63, 3.8) is 0 Å². The Morgan fingerprint density at radius 1 is 1.69 bits per heavy atom. The maximum absolute atomic E-state index is 11.9. The third kappa shape index (κ3) is 2.95. The summed E-state index contributed by atoms with van der Waals surface area (Å²) in [6.45, 7) is 4.16. The number of hydrogen-bond donors (Lipinski definition) is 2. The van der Waals surface area contributed by atoms with Crippen LogP contribution in [0.15, 0.2) is 11.4 Å². The van der Waals surface area contributed by atoms with Gasteiger partial charge in [-0.25, -0.2) is 0 Å². The molecule has 1 aromatic heterocycles. The van der Waals surface area contributed by atoms with Crippen LogP contribution in [0.4, 0.5) is 0 Å². The van der Waals surface area contributed by atoms with Crippen LogP contribution in [0.2, 0.25) is 0 Å². The van der Waals surface area contributed by atoms with Gasteiger partial charge < -0.3 is 10.6 Å². The third-order valence-corrected chi connectivity index (χ3v) is 4.72. The molecular weight excluding hydrogens is 335 g/mol. The fourth-order valence-electron chi connectivity index (χ4n) is 1.91. The van der Waals surface area contributed by atoms with E-state index in [1.54, 1.807) is 11.3 Å². The van der Waals surface area contributed by atoms with Crippen molar-refractivity contribution in [1.29, 1.82) is 0 Å².